The summed E-state index contributed by atoms with van der Waals surface area (Å²) in [5.41, 5.74) is 0.649. The number of hydrogen-bond donors (Lipinski definition) is 0. The van der Waals surface area contributed by atoms with Crippen LogP contribution in [0.4, 0.5) is 0 Å². The molecule has 0 heterocycles. The standard InChI is InChI=1S/C19H30O3S/c1-6-7-12-22-13-14-23-18(19(2,3)4)17(20)15-8-10-16(21-5)11-9-15/h8-11,18H,6-7,12-14H2,1-5H3. The maximum Gasteiger partial charge on any atom is 0.176 e. The molecule has 0 saturated carbocycles. The minimum Gasteiger partial charge on any atom is -0.497 e. The largest absolute Gasteiger partial charge is 0.497 e. The molecule has 130 valence electrons. The van der Waals surface area contributed by atoms with E-state index in [9.17, 15) is 4.79 Å². The molecule has 0 radical (unpaired) electrons. The van der Waals surface area contributed by atoms with Gasteiger partial charge in [-0.25, -0.2) is 0 Å². The minimum atomic E-state index is -0.0922. The van der Waals surface area contributed by atoms with E-state index in [2.05, 4.69) is 27.7 Å². The number of methoxy groups -OCH3 is 1. The highest BCUT2D eigenvalue weighted by Crippen LogP contribution is 2.33. The quantitative estimate of drug-likeness (QED) is 0.451. The Balaban J connectivity index is 2.64. The average molecular weight is 339 g/mol. The van der Waals surface area contributed by atoms with E-state index in [0.717, 1.165) is 36.5 Å². The first kappa shape index (κ1) is 20.0. The molecule has 1 rings (SSSR count). The van der Waals surface area contributed by atoms with Crippen LogP contribution in [0, 0.1) is 5.41 Å². The first-order chi connectivity index (χ1) is 10.9. The second-order valence-corrected chi connectivity index (χ2v) is 7.89. The fourth-order valence-corrected chi connectivity index (χ4v) is 3.44. The van der Waals surface area contributed by atoms with Crippen molar-refractivity contribution in [3.8, 4) is 5.75 Å². The maximum absolute atomic E-state index is 12.9. The molecule has 0 saturated heterocycles. The van der Waals surface area contributed by atoms with Gasteiger partial charge in [-0.05, 0) is 36.1 Å². The molecule has 0 N–H and O–H groups in total. The van der Waals surface area contributed by atoms with Crippen molar-refractivity contribution in [1.82, 2.24) is 0 Å². The summed E-state index contributed by atoms with van der Waals surface area (Å²) in [4.78, 5) is 12.9. The Morgan fingerprint density at radius 2 is 1.83 bits per heavy atom. The number of ether oxygens (including phenoxy) is 2. The molecule has 1 aromatic rings. The molecule has 0 aliphatic carbocycles. The van der Waals surface area contributed by atoms with Crippen LogP contribution < -0.4 is 4.74 Å². The molecule has 0 aliphatic rings. The monoisotopic (exact) mass is 338 g/mol. The first-order valence-electron chi connectivity index (χ1n) is 8.27. The number of thioether (sulfide) groups is 1. The summed E-state index contributed by atoms with van der Waals surface area (Å²) in [6, 6.07) is 7.37. The van der Waals surface area contributed by atoms with Crippen molar-refractivity contribution in [3.63, 3.8) is 0 Å². The van der Waals surface area contributed by atoms with Gasteiger partial charge in [0.25, 0.3) is 0 Å². The van der Waals surface area contributed by atoms with Gasteiger partial charge >= 0.3 is 0 Å². The van der Waals surface area contributed by atoms with Gasteiger partial charge in [-0.1, -0.05) is 34.1 Å². The lowest BCUT2D eigenvalue weighted by Gasteiger charge is -2.29. The third-order valence-electron chi connectivity index (χ3n) is 3.55. The molecule has 23 heavy (non-hydrogen) atoms. The smallest absolute Gasteiger partial charge is 0.176 e. The van der Waals surface area contributed by atoms with Crippen LogP contribution in [0.25, 0.3) is 0 Å². The molecule has 0 spiro atoms. The van der Waals surface area contributed by atoms with Crippen molar-refractivity contribution < 1.29 is 14.3 Å². The fourth-order valence-electron chi connectivity index (χ4n) is 2.20. The molecule has 1 atom stereocenters. The highest BCUT2D eigenvalue weighted by Gasteiger charge is 2.32. The Kier molecular flexibility index (Phi) is 8.71. The van der Waals surface area contributed by atoms with E-state index in [4.69, 9.17) is 9.47 Å². The van der Waals surface area contributed by atoms with Crippen molar-refractivity contribution >= 4 is 17.5 Å². The number of carbonyl (C=O) groups excluding carboxylic acids is 1. The number of rotatable bonds is 10. The van der Waals surface area contributed by atoms with Gasteiger partial charge in [0.15, 0.2) is 5.78 Å². The predicted molar refractivity (Wildman–Crippen MR) is 98.8 cm³/mol. The lowest BCUT2D eigenvalue weighted by molar-refractivity contribution is 0.0950. The summed E-state index contributed by atoms with van der Waals surface area (Å²) in [6.45, 7) is 10.0. The molecule has 0 fully saturated rings. The summed E-state index contributed by atoms with van der Waals surface area (Å²) in [5, 5.41) is -0.0781. The molecule has 0 amide bonds. The summed E-state index contributed by atoms with van der Waals surface area (Å²) in [6.07, 6.45) is 2.24. The second-order valence-electron chi connectivity index (χ2n) is 6.68. The van der Waals surface area contributed by atoms with Gasteiger partial charge in [-0.2, -0.15) is 0 Å². The third kappa shape index (κ3) is 6.96. The minimum absolute atomic E-state index is 0.0781. The van der Waals surface area contributed by atoms with Crippen LogP contribution in [0.15, 0.2) is 24.3 Å². The molecule has 1 aromatic carbocycles. The van der Waals surface area contributed by atoms with Crippen LogP contribution in [0.3, 0.4) is 0 Å². The van der Waals surface area contributed by atoms with Crippen molar-refractivity contribution in [2.24, 2.45) is 5.41 Å². The van der Waals surface area contributed by atoms with Crippen LogP contribution >= 0.6 is 11.8 Å². The summed E-state index contributed by atoms with van der Waals surface area (Å²) >= 11 is 1.69. The zero-order valence-corrected chi connectivity index (χ0v) is 15.9. The Bertz CT molecular complexity index is 462. The number of benzene rings is 1. The van der Waals surface area contributed by atoms with Gasteiger partial charge in [-0.15, -0.1) is 11.8 Å². The molecule has 3 nitrogen and oxygen atoms in total. The number of carbonyl (C=O) groups is 1. The predicted octanol–water partition coefficient (Wildman–Crippen LogP) is 4.84. The molecule has 0 aromatic heterocycles. The normalized spacial score (nSPS) is 12.9. The fraction of sp³-hybridized carbons (Fsp3) is 0.632. The van der Waals surface area contributed by atoms with E-state index >= 15 is 0 Å². The van der Waals surface area contributed by atoms with Crippen molar-refractivity contribution in [3.05, 3.63) is 29.8 Å². The lowest BCUT2D eigenvalue weighted by atomic mass is 9.87. The highest BCUT2D eigenvalue weighted by atomic mass is 32.2. The van der Waals surface area contributed by atoms with Crippen LogP contribution in [-0.2, 0) is 4.74 Å². The average Bonchev–Trinajstić information content (AvgIpc) is 2.52. The van der Waals surface area contributed by atoms with Crippen LogP contribution in [0.2, 0.25) is 0 Å². The Labute approximate surface area is 145 Å². The molecule has 4 heteroatoms. The Morgan fingerprint density at radius 3 is 2.35 bits per heavy atom. The third-order valence-corrected chi connectivity index (χ3v) is 5.21. The number of hydrogen-bond acceptors (Lipinski definition) is 4. The number of Topliss-reactive ketones (excluding diaryl/α,β-unsaturated/α-hetero) is 1. The maximum atomic E-state index is 12.9. The number of unbranched alkanes of at least 4 members (excludes halogenated alkanes) is 1. The van der Waals surface area contributed by atoms with E-state index < -0.39 is 0 Å². The van der Waals surface area contributed by atoms with Gasteiger partial charge in [-0.3, -0.25) is 4.79 Å². The van der Waals surface area contributed by atoms with Crippen molar-refractivity contribution in [1.29, 1.82) is 0 Å². The molecule has 0 aliphatic heterocycles. The van der Waals surface area contributed by atoms with E-state index in [-0.39, 0.29) is 16.4 Å². The second kappa shape index (κ2) is 9.99. The van der Waals surface area contributed by atoms with Crippen LogP contribution in [0.5, 0.6) is 5.75 Å². The van der Waals surface area contributed by atoms with Gasteiger partial charge in [0.05, 0.1) is 19.0 Å². The van der Waals surface area contributed by atoms with Crippen molar-refractivity contribution in [2.75, 3.05) is 26.1 Å². The van der Waals surface area contributed by atoms with E-state index in [0.29, 0.717) is 6.61 Å². The zero-order chi connectivity index (χ0) is 17.3. The van der Waals surface area contributed by atoms with E-state index in [1.165, 1.54) is 0 Å². The summed E-state index contributed by atoms with van der Waals surface area (Å²) in [7, 11) is 1.63. The summed E-state index contributed by atoms with van der Waals surface area (Å²) in [5.74, 6) is 1.79. The Hall–Kier alpha value is -1.00. The first-order valence-corrected chi connectivity index (χ1v) is 9.32. The van der Waals surface area contributed by atoms with Crippen LogP contribution in [0.1, 0.15) is 50.9 Å². The molecular weight excluding hydrogens is 308 g/mol. The molecule has 0 bridgehead atoms. The van der Waals surface area contributed by atoms with Gasteiger partial charge in [0.1, 0.15) is 5.75 Å². The topological polar surface area (TPSA) is 35.5 Å². The molecular formula is C19H30O3S. The SMILES string of the molecule is CCCCOCCSC(C(=O)c1ccc(OC)cc1)C(C)(C)C. The van der Waals surface area contributed by atoms with Gasteiger partial charge in [0.2, 0.25) is 0 Å². The Morgan fingerprint density at radius 1 is 1.17 bits per heavy atom. The van der Waals surface area contributed by atoms with Crippen LogP contribution in [-0.4, -0.2) is 37.1 Å². The van der Waals surface area contributed by atoms with E-state index in [1.807, 2.05) is 24.3 Å². The molecule has 1 unspecified atom stereocenters. The number of ketones is 1. The van der Waals surface area contributed by atoms with Gasteiger partial charge < -0.3 is 9.47 Å². The summed E-state index contributed by atoms with van der Waals surface area (Å²) < 4.78 is 10.8. The highest BCUT2D eigenvalue weighted by molar-refractivity contribution is 8.00. The van der Waals surface area contributed by atoms with Crippen molar-refractivity contribution in [2.45, 2.75) is 45.8 Å². The zero-order valence-electron chi connectivity index (χ0n) is 15.1. The van der Waals surface area contributed by atoms with Gasteiger partial charge in [0, 0.05) is 17.9 Å². The lowest BCUT2D eigenvalue weighted by Crippen LogP contribution is -2.32. The van der Waals surface area contributed by atoms with E-state index in [1.54, 1.807) is 18.9 Å².